The third-order valence-electron chi connectivity index (χ3n) is 8.25. The van der Waals surface area contributed by atoms with Crippen molar-refractivity contribution in [3.05, 3.63) is 16.3 Å². The van der Waals surface area contributed by atoms with E-state index in [1.807, 2.05) is 11.3 Å². The summed E-state index contributed by atoms with van der Waals surface area (Å²) in [7, 11) is 1.72. The SMILES string of the molecule is CNC(=O)CSc1nc(C23CC4CC(CC(C4)C2)C3)nc2sc3c(c12)CCC(C)C3. The van der Waals surface area contributed by atoms with E-state index in [-0.39, 0.29) is 11.3 Å². The molecule has 4 fully saturated rings. The Morgan fingerprint density at radius 1 is 1.17 bits per heavy atom. The molecule has 160 valence electrons. The summed E-state index contributed by atoms with van der Waals surface area (Å²) in [5.74, 6) is 5.02. The van der Waals surface area contributed by atoms with Crippen molar-refractivity contribution in [2.75, 3.05) is 12.8 Å². The van der Waals surface area contributed by atoms with E-state index in [9.17, 15) is 4.79 Å². The molecule has 1 N–H and O–H groups in total. The molecular formula is C24H31N3OS2. The molecule has 6 heteroatoms. The number of thioether (sulfide) groups is 1. The second-order valence-corrected chi connectivity index (χ2v) is 12.6. The third kappa shape index (κ3) is 3.12. The summed E-state index contributed by atoms with van der Waals surface area (Å²) in [5.41, 5.74) is 1.67. The number of amides is 1. The Bertz CT molecular complexity index is 978. The van der Waals surface area contributed by atoms with Gasteiger partial charge in [-0.15, -0.1) is 11.3 Å². The van der Waals surface area contributed by atoms with Crippen LogP contribution in [0.15, 0.2) is 5.03 Å². The van der Waals surface area contributed by atoms with Crippen LogP contribution in [-0.4, -0.2) is 28.7 Å². The number of carbonyl (C=O) groups is 1. The highest BCUT2D eigenvalue weighted by Crippen LogP contribution is 2.60. The van der Waals surface area contributed by atoms with Gasteiger partial charge in [0.25, 0.3) is 0 Å². The number of hydrogen-bond donors (Lipinski definition) is 1. The van der Waals surface area contributed by atoms with Crippen LogP contribution in [0.25, 0.3) is 10.2 Å². The van der Waals surface area contributed by atoms with Crippen molar-refractivity contribution < 1.29 is 4.79 Å². The molecule has 2 heterocycles. The smallest absolute Gasteiger partial charge is 0.230 e. The lowest BCUT2D eigenvalue weighted by molar-refractivity contribution is -0.118. The van der Waals surface area contributed by atoms with Crippen molar-refractivity contribution in [1.82, 2.24) is 15.3 Å². The van der Waals surface area contributed by atoms with Gasteiger partial charge in [0.15, 0.2) is 0 Å². The maximum absolute atomic E-state index is 12.0. The number of nitrogens with zero attached hydrogens (tertiary/aromatic N) is 2. The normalized spacial score (nSPS) is 34.3. The van der Waals surface area contributed by atoms with Crippen molar-refractivity contribution in [3.63, 3.8) is 0 Å². The fourth-order valence-corrected chi connectivity index (χ4v) is 9.62. The molecule has 0 saturated heterocycles. The molecule has 4 saturated carbocycles. The van der Waals surface area contributed by atoms with E-state index < -0.39 is 0 Å². The van der Waals surface area contributed by atoms with Crippen LogP contribution in [0.3, 0.4) is 0 Å². The third-order valence-corrected chi connectivity index (χ3v) is 10.4. The van der Waals surface area contributed by atoms with Gasteiger partial charge in [0.1, 0.15) is 15.7 Å². The van der Waals surface area contributed by atoms with Gasteiger partial charge in [-0.25, -0.2) is 9.97 Å². The monoisotopic (exact) mass is 441 g/mol. The van der Waals surface area contributed by atoms with E-state index in [1.165, 1.54) is 72.0 Å². The minimum atomic E-state index is 0.0702. The molecule has 0 aromatic carbocycles. The molecule has 1 amide bonds. The van der Waals surface area contributed by atoms with Crippen molar-refractivity contribution in [2.45, 2.75) is 75.2 Å². The van der Waals surface area contributed by atoms with Gasteiger partial charge < -0.3 is 5.32 Å². The molecule has 0 radical (unpaired) electrons. The average Bonchev–Trinajstić information content (AvgIpc) is 3.08. The minimum Gasteiger partial charge on any atom is -0.358 e. The molecular weight excluding hydrogens is 410 g/mol. The maximum Gasteiger partial charge on any atom is 0.230 e. The van der Waals surface area contributed by atoms with Crippen LogP contribution >= 0.6 is 23.1 Å². The molecule has 1 atom stereocenters. The summed E-state index contributed by atoms with van der Waals surface area (Å²) in [4.78, 5) is 25.3. The van der Waals surface area contributed by atoms with E-state index >= 15 is 0 Å². The second kappa shape index (κ2) is 7.19. The largest absolute Gasteiger partial charge is 0.358 e. The lowest BCUT2D eigenvalue weighted by atomic mass is 9.49. The van der Waals surface area contributed by atoms with Gasteiger partial charge >= 0.3 is 0 Å². The molecule has 4 bridgehead atoms. The number of thiophene rings is 1. The number of nitrogens with one attached hydrogen (secondary N) is 1. The predicted octanol–water partition coefficient (Wildman–Crippen LogP) is 5.12. The first-order valence-electron chi connectivity index (χ1n) is 11.7. The number of hydrogen-bond acceptors (Lipinski definition) is 5. The Morgan fingerprint density at radius 3 is 2.53 bits per heavy atom. The number of aryl methyl sites for hydroxylation is 1. The van der Waals surface area contributed by atoms with E-state index in [1.54, 1.807) is 18.8 Å². The Kier molecular flexibility index (Phi) is 4.68. The summed E-state index contributed by atoms with van der Waals surface area (Å²) in [6.07, 6.45) is 11.7. The summed E-state index contributed by atoms with van der Waals surface area (Å²) in [6.45, 7) is 2.36. The van der Waals surface area contributed by atoms with Crippen LogP contribution in [0.5, 0.6) is 0 Å². The van der Waals surface area contributed by atoms with Crippen molar-refractivity contribution >= 4 is 39.2 Å². The molecule has 30 heavy (non-hydrogen) atoms. The molecule has 5 aliphatic carbocycles. The fraction of sp³-hybridized carbons (Fsp3) is 0.708. The van der Waals surface area contributed by atoms with Gasteiger partial charge in [-0.05, 0) is 87.0 Å². The average molecular weight is 442 g/mol. The Balaban J connectivity index is 1.46. The van der Waals surface area contributed by atoms with E-state index in [0.29, 0.717) is 5.75 Å². The minimum absolute atomic E-state index is 0.0702. The summed E-state index contributed by atoms with van der Waals surface area (Å²) < 4.78 is 0. The van der Waals surface area contributed by atoms with E-state index in [4.69, 9.17) is 9.97 Å². The zero-order chi connectivity index (χ0) is 20.5. The van der Waals surface area contributed by atoms with Crippen LogP contribution < -0.4 is 5.32 Å². The van der Waals surface area contributed by atoms with Crippen LogP contribution in [-0.2, 0) is 23.1 Å². The van der Waals surface area contributed by atoms with Crippen LogP contribution in [0.4, 0.5) is 0 Å². The molecule has 5 aliphatic rings. The van der Waals surface area contributed by atoms with Gasteiger partial charge in [-0.2, -0.15) is 0 Å². The van der Waals surface area contributed by atoms with Gasteiger partial charge in [-0.1, -0.05) is 18.7 Å². The molecule has 0 aliphatic heterocycles. The van der Waals surface area contributed by atoms with Crippen molar-refractivity contribution in [1.29, 1.82) is 0 Å². The number of aromatic nitrogens is 2. The molecule has 2 aromatic heterocycles. The fourth-order valence-electron chi connectivity index (χ4n) is 7.24. The van der Waals surface area contributed by atoms with Gasteiger partial charge in [0.05, 0.1) is 5.75 Å². The van der Waals surface area contributed by atoms with Gasteiger partial charge in [-0.3, -0.25) is 4.79 Å². The van der Waals surface area contributed by atoms with E-state index in [2.05, 4.69) is 12.2 Å². The highest BCUT2D eigenvalue weighted by atomic mass is 32.2. The zero-order valence-electron chi connectivity index (χ0n) is 18.0. The molecule has 2 aromatic rings. The standard InChI is InChI=1S/C24H31N3OS2/c1-13-3-4-17-18(5-13)30-22-20(17)21(29-12-19(28)25-2)26-23(27-22)24-9-14-6-15(10-24)8-16(7-14)11-24/h13-16H,3-12H2,1-2H3,(H,25,28). The predicted molar refractivity (Wildman–Crippen MR) is 123 cm³/mol. The Morgan fingerprint density at radius 2 is 1.87 bits per heavy atom. The molecule has 7 rings (SSSR count). The first-order chi connectivity index (χ1) is 14.5. The molecule has 0 spiro atoms. The molecule has 1 unspecified atom stereocenters. The first-order valence-corrected chi connectivity index (χ1v) is 13.5. The maximum atomic E-state index is 12.0. The van der Waals surface area contributed by atoms with Gasteiger partial charge in [0, 0.05) is 22.7 Å². The first kappa shape index (κ1) is 19.5. The quantitative estimate of drug-likeness (QED) is 0.528. The summed E-state index contributed by atoms with van der Waals surface area (Å²) in [5, 5.41) is 5.11. The van der Waals surface area contributed by atoms with Crippen LogP contribution in [0, 0.1) is 23.7 Å². The van der Waals surface area contributed by atoms with Gasteiger partial charge in [0.2, 0.25) is 5.91 Å². The van der Waals surface area contributed by atoms with Crippen molar-refractivity contribution in [2.24, 2.45) is 23.7 Å². The second-order valence-electron chi connectivity index (χ2n) is 10.5. The number of fused-ring (bicyclic) bond motifs is 3. The zero-order valence-corrected chi connectivity index (χ0v) is 19.6. The highest BCUT2D eigenvalue weighted by molar-refractivity contribution is 8.00. The number of rotatable bonds is 4. The molecule has 4 nitrogen and oxygen atoms in total. The lowest BCUT2D eigenvalue weighted by Gasteiger charge is -2.56. The van der Waals surface area contributed by atoms with E-state index in [0.717, 1.165) is 40.9 Å². The Hall–Kier alpha value is -1.14. The Labute approximate surface area is 187 Å². The topological polar surface area (TPSA) is 54.9 Å². The lowest BCUT2D eigenvalue weighted by Crippen LogP contribution is -2.49. The van der Waals surface area contributed by atoms with Crippen LogP contribution in [0.2, 0.25) is 0 Å². The summed E-state index contributed by atoms with van der Waals surface area (Å²) in [6, 6.07) is 0. The highest BCUT2D eigenvalue weighted by Gasteiger charge is 2.53. The van der Waals surface area contributed by atoms with Crippen LogP contribution in [0.1, 0.15) is 68.1 Å². The van der Waals surface area contributed by atoms with Crippen molar-refractivity contribution in [3.8, 4) is 0 Å². The number of carbonyl (C=O) groups excluding carboxylic acids is 1. The summed E-state index contributed by atoms with van der Waals surface area (Å²) >= 11 is 3.53.